The van der Waals surface area contributed by atoms with Crippen molar-refractivity contribution in [2.24, 2.45) is 0 Å². The maximum absolute atomic E-state index is 12.7. The number of amides is 1. The lowest BCUT2D eigenvalue weighted by atomic mass is 10.00. The number of ether oxygens (including phenoxy) is 2. The van der Waals surface area contributed by atoms with E-state index in [4.69, 9.17) is 9.47 Å². The number of rotatable bonds is 7. The van der Waals surface area contributed by atoms with Crippen LogP contribution < -0.4 is 9.47 Å². The quantitative estimate of drug-likeness (QED) is 0.723. The van der Waals surface area contributed by atoms with Crippen molar-refractivity contribution in [3.8, 4) is 11.5 Å². The van der Waals surface area contributed by atoms with E-state index in [1.807, 2.05) is 48.3 Å². The zero-order valence-corrected chi connectivity index (χ0v) is 14.9. The minimum absolute atomic E-state index is 0.0105. The van der Waals surface area contributed by atoms with Crippen LogP contribution in [0.5, 0.6) is 11.5 Å². The predicted molar refractivity (Wildman–Crippen MR) is 98.2 cm³/mol. The Bertz CT molecular complexity index is 729. The van der Waals surface area contributed by atoms with Crippen LogP contribution in [-0.4, -0.2) is 38.1 Å². The molecule has 0 heterocycles. The average molecular weight is 339 g/mol. The van der Waals surface area contributed by atoms with Crippen LogP contribution in [0.2, 0.25) is 0 Å². The second-order valence-corrected chi connectivity index (χ2v) is 6.40. The number of hydrogen-bond acceptors (Lipinski definition) is 3. The summed E-state index contributed by atoms with van der Waals surface area (Å²) in [7, 11) is 3.51. The van der Waals surface area contributed by atoms with Crippen LogP contribution in [0.1, 0.15) is 29.9 Å². The molecule has 3 rings (SSSR count). The number of carbonyl (C=O) groups excluding carboxylic acids is 1. The molecule has 0 spiro atoms. The van der Waals surface area contributed by atoms with Crippen molar-refractivity contribution in [2.75, 3.05) is 27.3 Å². The van der Waals surface area contributed by atoms with Gasteiger partial charge < -0.3 is 14.4 Å². The molecule has 0 unspecified atom stereocenters. The third-order valence-corrected chi connectivity index (χ3v) is 4.77. The van der Waals surface area contributed by atoms with Crippen molar-refractivity contribution >= 4 is 5.91 Å². The second-order valence-electron chi connectivity index (χ2n) is 6.40. The number of aryl methyl sites for hydroxylation is 1. The number of likely N-dealkylation sites (N-methyl/N-ethyl adjacent to an activating group) is 1. The van der Waals surface area contributed by atoms with Gasteiger partial charge >= 0.3 is 0 Å². The first-order chi connectivity index (χ1) is 12.2. The van der Waals surface area contributed by atoms with E-state index in [-0.39, 0.29) is 11.8 Å². The Balaban J connectivity index is 1.48. The van der Waals surface area contributed by atoms with Gasteiger partial charge in [0.2, 0.25) is 5.91 Å². The molecule has 0 radical (unpaired) electrons. The van der Waals surface area contributed by atoms with Gasteiger partial charge in [-0.3, -0.25) is 4.79 Å². The summed E-state index contributed by atoms with van der Waals surface area (Å²) in [4.78, 5) is 14.6. The Hall–Kier alpha value is -2.49. The molecule has 25 heavy (non-hydrogen) atoms. The molecule has 1 amide bonds. The average Bonchev–Trinajstić information content (AvgIpc) is 3.08. The van der Waals surface area contributed by atoms with Crippen molar-refractivity contribution in [1.29, 1.82) is 0 Å². The first kappa shape index (κ1) is 17.3. The zero-order valence-electron chi connectivity index (χ0n) is 14.9. The van der Waals surface area contributed by atoms with Gasteiger partial charge in [0.05, 0.1) is 19.6 Å². The van der Waals surface area contributed by atoms with Crippen molar-refractivity contribution in [3.05, 3.63) is 59.7 Å². The topological polar surface area (TPSA) is 38.8 Å². The molecule has 2 aromatic rings. The molecule has 0 aliphatic heterocycles. The smallest absolute Gasteiger partial charge is 0.229 e. The fourth-order valence-electron chi connectivity index (χ4n) is 3.41. The van der Waals surface area contributed by atoms with Crippen molar-refractivity contribution in [3.63, 3.8) is 0 Å². The van der Waals surface area contributed by atoms with Crippen LogP contribution in [0.15, 0.2) is 48.5 Å². The van der Waals surface area contributed by atoms with Crippen LogP contribution in [0, 0.1) is 0 Å². The van der Waals surface area contributed by atoms with E-state index in [2.05, 4.69) is 12.1 Å². The number of methoxy groups -OCH3 is 1. The minimum Gasteiger partial charge on any atom is -0.493 e. The Kier molecular flexibility index (Phi) is 5.59. The van der Waals surface area contributed by atoms with Crippen molar-refractivity contribution in [2.45, 2.75) is 25.2 Å². The number of fused-ring (bicyclic) bond motifs is 1. The van der Waals surface area contributed by atoms with Gasteiger partial charge in [-0.05, 0) is 42.5 Å². The molecule has 0 saturated heterocycles. The number of nitrogens with zero attached hydrogens (tertiary/aromatic N) is 1. The van der Waals surface area contributed by atoms with Crippen molar-refractivity contribution < 1.29 is 14.3 Å². The molecule has 0 N–H and O–H groups in total. The highest BCUT2D eigenvalue weighted by Crippen LogP contribution is 2.34. The van der Waals surface area contributed by atoms with Gasteiger partial charge in [-0.25, -0.2) is 0 Å². The summed E-state index contributed by atoms with van der Waals surface area (Å²) in [5.41, 5.74) is 2.51. The fourth-order valence-corrected chi connectivity index (χ4v) is 3.41. The summed E-state index contributed by atoms with van der Waals surface area (Å²) in [6, 6.07) is 15.9. The van der Waals surface area contributed by atoms with E-state index in [0.717, 1.165) is 30.8 Å². The summed E-state index contributed by atoms with van der Waals surface area (Å²) in [5, 5.41) is 0. The molecule has 0 saturated carbocycles. The van der Waals surface area contributed by atoms with Gasteiger partial charge in [-0.1, -0.05) is 36.4 Å². The monoisotopic (exact) mass is 339 g/mol. The largest absolute Gasteiger partial charge is 0.493 e. The first-order valence-corrected chi connectivity index (χ1v) is 8.79. The molecule has 0 bridgehead atoms. The van der Waals surface area contributed by atoms with E-state index in [9.17, 15) is 4.79 Å². The van der Waals surface area contributed by atoms with Gasteiger partial charge in [0, 0.05) is 13.6 Å². The van der Waals surface area contributed by atoms with Crippen LogP contribution in [-0.2, 0) is 11.2 Å². The van der Waals surface area contributed by atoms with Crippen LogP contribution in [0.25, 0.3) is 0 Å². The lowest BCUT2D eigenvalue weighted by molar-refractivity contribution is -0.131. The third kappa shape index (κ3) is 3.95. The highest BCUT2D eigenvalue weighted by Gasteiger charge is 2.29. The summed E-state index contributed by atoms with van der Waals surface area (Å²) >= 11 is 0. The van der Waals surface area contributed by atoms with E-state index in [1.165, 1.54) is 11.1 Å². The van der Waals surface area contributed by atoms with E-state index >= 15 is 0 Å². The van der Waals surface area contributed by atoms with Crippen LogP contribution in [0.3, 0.4) is 0 Å². The van der Waals surface area contributed by atoms with Crippen LogP contribution in [0.4, 0.5) is 0 Å². The lowest BCUT2D eigenvalue weighted by Crippen LogP contribution is -2.32. The summed E-state index contributed by atoms with van der Waals surface area (Å²) in [6.07, 6.45) is 2.70. The van der Waals surface area contributed by atoms with E-state index in [1.54, 1.807) is 7.11 Å². The molecule has 0 fully saturated rings. The summed E-state index contributed by atoms with van der Waals surface area (Å²) < 4.78 is 11.0. The molecular weight excluding hydrogens is 314 g/mol. The van der Waals surface area contributed by atoms with Crippen molar-refractivity contribution in [1.82, 2.24) is 4.90 Å². The zero-order chi connectivity index (χ0) is 17.6. The Morgan fingerprint density at radius 1 is 1.12 bits per heavy atom. The van der Waals surface area contributed by atoms with Crippen LogP contribution >= 0.6 is 0 Å². The normalized spacial score (nSPS) is 15.5. The van der Waals surface area contributed by atoms with Gasteiger partial charge in [-0.15, -0.1) is 0 Å². The minimum atomic E-state index is 0.0105. The fraction of sp³-hybridized carbons (Fsp3) is 0.381. The summed E-state index contributed by atoms with van der Waals surface area (Å²) in [6.45, 7) is 1.24. The molecule has 1 aliphatic rings. The SMILES string of the molecule is COc1ccccc1OCCCN(C)C(=O)[C@H]1CCc2ccccc21. The van der Waals surface area contributed by atoms with Gasteiger partial charge in [-0.2, -0.15) is 0 Å². The van der Waals surface area contributed by atoms with Gasteiger partial charge in [0.1, 0.15) is 0 Å². The number of benzene rings is 2. The molecule has 1 aliphatic carbocycles. The van der Waals surface area contributed by atoms with Gasteiger partial charge in [0.25, 0.3) is 0 Å². The predicted octanol–water partition coefficient (Wildman–Crippen LogP) is 3.65. The maximum Gasteiger partial charge on any atom is 0.229 e. The molecule has 2 aromatic carbocycles. The third-order valence-electron chi connectivity index (χ3n) is 4.77. The second kappa shape index (κ2) is 8.06. The Morgan fingerprint density at radius 2 is 1.84 bits per heavy atom. The van der Waals surface area contributed by atoms with E-state index < -0.39 is 0 Å². The molecule has 4 heteroatoms. The van der Waals surface area contributed by atoms with Gasteiger partial charge in [0.15, 0.2) is 11.5 Å². The highest BCUT2D eigenvalue weighted by molar-refractivity contribution is 5.84. The number of para-hydroxylation sites is 2. The Labute approximate surface area is 149 Å². The standard InChI is InChI=1S/C21H25NO3/c1-22(14-7-15-25-20-11-6-5-10-19(20)24-2)21(23)18-13-12-16-8-3-4-9-17(16)18/h3-6,8-11,18H,7,12-15H2,1-2H3/t18-/m0/s1. The maximum atomic E-state index is 12.7. The Morgan fingerprint density at radius 3 is 2.64 bits per heavy atom. The lowest BCUT2D eigenvalue weighted by Gasteiger charge is -2.22. The molecule has 132 valence electrons. The molecule has 0 aromatic heterocycles. The summed E-state index contributed by atoms with van der Waals surface area (Å²) in [5.74, 6) is 1.69. The molecule has 1 atom stereocenters. The first-order valence-electron chi connectivity index (χ1n) is 8.79. The molecular formula is C21H25NO3. The number of carbonyl (C=O) groups is 1. The number of hydrogen-bond donors (Lipinski definition) is 0. The van der Waals surface area contributed by atoms with E-state index in [0.29, 0.717) is 13.2 Å². The highest BCUT2D eigenvalue weighted by atomic mass is 16.5. The molecule has 4 nitrogen and oxygen atoms in total.